The number of nitrogens with one attached hydrogen (secondary N) is 1. The monoisotopic (exact) mass is 494 g/mol. The molecule has 4 rings (SSSR count). The minimum absolute atomic E-state index is 0.0212. The fraction of sp³-hybridized carbons (Fsp3) is 0.462. The average Bonchev–Trinajstić information content (AvgIpc) is 2.88. The Morgan fingerprint density at radius 1 is 1.11 bits per heavy atom. The molecule has 2 saturated heterocycles. The van der Waals surface area contributed by atoms with E-state index in [1.807, 2.05) is 12.1 Å². The number of piperazine rings is 1. The topological polar surface area (TPSA) is 121 Å². The maximum Gasteiger partial charge on any atom is 0.313 e. The first-order chi connectivity index (χ1) is 17.3. The first-order valence-electron chi connectivity index (χ1n) is 12.3. The average molecular weight is 495 g/mol. The van der Waals surface area contributed by atoms with Gasteiger partial charge in [0.25, 0.3) is 5.91 Å². The number of piperidine rings is 1. The van der Waals surface area contributed by atoms with Gasteiger partial charge in [-0.25, -0.2) is 4.98 Å². The van der Waals surface area contributed by atoms with Gasteiger partial charge in [-0.3, -0.25) is 14.4 Å². The number of anilines is 2. The van der Waals surface area contributed by atoms with Crippen molar-refractivity contribution in [3.05, 3.63) is 47.7 Å². The number of pyridine rings is 1. The summed E-state index contributed by atoms with van der Waals surface area (Å²) >= 11 is 0. The van der Waals surface area contributed by atoms with E-state index in [9.17, 15) is 14.4 Å². The lowest BCUT2D eigenvalue weighted by molar-refractivity contribution is -0.146. The molecule has 2 aliphatic heterocycles. The van der Waals surface area contributed by atoms with Crippen molar-refractivity contribution >= 4 is 29.1 Å². The summed E-state index contributed by atoms with van der Waals surface area (Å²) < 4.78 is 5.04. The summed E-state index contributed by atoms with van der Waals surface area (Å²) in [6.45, 7) is 6.50. The highest BCUT2D eigenvalue weighted by Crippen LogP contribution is 2.35. The number of nitrogens with two attached hydrogens (primary N) is 1. The molecule has 0 saturated carbocycles. The van der Waals surface area contributed by atoms with Gasteiger partial charge in [-0.05, 0) is 49.6 Å². The number of rotatable bonds is 5. The van der Waals surface area contributed by atoms with Crippen molar-refractivity contribution in [1.29, 1.82) is 0 Å². The van der Waals surface area contributed by atoms with E-state index >= 15 is 0 Å². The van der Waals surface area contributed by atoms with Gasteiger partial charge in [0.1, 0.15) is 5.56 Å². The highest BCUT2D eigenvalue weighted by atomic mass is 16.5. The van der Waals surface area contributed by atoms with E-state index in [1.54, 1.807) is 4.90 Å². The van der Waals surface area contributed by atoms with Crippen molar-refractivity contribution in [2.24, 2.45) is 11.7 Å². The first kappa shape index (κ1) is 25.4. The number of likely N-dealkylation sites (N-methyl/N-ethyl adjacent to an activating group) is 1. The normalized spacial score (nSPS) is 20.6. The van der Waals surface area contributed by atoms with Crippen molar-refractivity contribution in [3.63, 3.8) is 0 Å². The third-order valence-electron chi connectivity index (χ3n) is 6.96. The second kappa shape index (κ2) is 10.9. The standard InChI is InChI=1S/C26H34N6O4/c1-17-7-8-22(18-5-4-6-20(13-18)31-11-9-30(2)10-12-31)32(16-17)26(35)24(34)29-19-14-21(23(27)33)25(36-3)28-15-19/h4-6,13-15,17,22H,7-12,16H2,1-3H3,(H2,27,33)(H,29,34)/t17-,22+/m0/s1. The first-order valence-corrected chi connectivity index (χ1v) is 12.3. The molecule has 10 nitrogen and oxygen atoms in total. The molecule has 1 aromatic carbocycles. The van der Waals surface area contributed by atoms with Crippen molar-refractivity contribution in [2.75, 3.05) is 57.1 Å². The van der Waals surface area contributed by atoms with Gasteiger partial charge in [0.05, 0.1) is 25.0 Å². The van der Waals surface area contributed by atoms with E-state index in [0.29, 0.717) is 6.54 Å². The number of nitrogens with zero attached hydrogens (tertiary/aromatic N) is 4. The van der Waals surface area contributed by atoms with Gasteiger partial charge in [0, 0.05) is 38.4 Å². The van der Waals surface area contributed by atoms with Crippen LogP contribution in [0.1, 0.15) is 41.7 Å². The quantitative estimate of drug-likeness (QED) is 0.609. The van der Waals surface area contributed by atoms with Crippen molar-refractivity contribution in [1.82, 2.24) is 14.8 Å². The fourth-order valence-corrected chi connectivity index (χ4v) is 4.89. The third kappa shape index (κ3) is 5.59. The van der Waals surface area contributed by atoms with Gasteiger partial charge >= 0.3 is 11.8 Å². The summed E-state index contributed by atoms with van der Waals surface area (Å²) in [4.78, 5) is 48.4. The molecular weight excluding hydrogens is 460 g/mol. The molecule has 0 radical (unpaired) electrons. The van der Waals surface area contributed by atoms with E-state index in [4.69, 9.17) is 10.5 Å². The van der Waals surface area contributed by atoms with Crippen LogP contribution in [0.3, 0.4) is 0 Å². The Labute approximate surface area is 211 Å². The number of carbonyl (C=O) groups is 3. The molecule has 3 heterocycles. The molecule has 2 aliphatic rings. The van der Waals surface area contributed by atoms with Crippen LogP contribution in [0.2, 0.25) is 0 Å². The van der Waals surface area contributed by atoms with E-state index in [2.05, 4.69) is 46.2 Å². The molecule has 1 aromatic heterocycles. The van der Waals surface area contributed by atoms with Crippen LogP contribution in [0.15, 0.2) is 36.5 Å². The van der Waals surface area contributed by atoms with Crippen molar-refractivity contribution in [2.45, 2.75) is 25.8 Å². The molecule has 2 fully saturated rings. The Morgan fingerprint density at radius 3 is 2.56 bits per heavy atom. The summed E-state index contributed by atoms with van der Waals surface area (Å²) in [6.07, 6.45) is 3.08. The molecule has 36 heavy (non-hydrogen) atoms. The van der Waals surface area contributed by atoms with E-state index in [0.717, 1.165) is 50.3 Å². The van der Waals surface area contributed by atoms with Gasteiger partial charge in [0.2, 0.25) is 5.88 Å². The van der Waals surface area contributed by atoms with Crippen molar-refractivity contribution < 1.29 is 19.1 Å². The number of ether oxygens (including phenoxy) is 1. The molecule has 3 N–H and O–H groups in total. The number of primary amides is 1. The number of aromatic nitrogens is 1. The summed E-state index contributed by atoms with van der Waals surface area (Å²) in [6, 6.07) is 9.48. The van der Waals surface area contributed by atoms with Gasteiger partial charge in [0.15, 0.2) is 0 Å². The largest absolute Gasteiger partial charge is 0.480 e. The van der Waals surface area contributed by atoms with Crippen LogP contribution in [0, 0.1) is 5.92 Å². The Morgan fingerprint density at radius 2 is 1.86 bits per heavy atom. The fourth-order valence-electron chi connectivity index (χ4n) is 4.89. The lowest BCUT2D eigenvalue weighted by atomic mass is 9.89. The van der Waals surface area contributed by atoms with Crippen LogP contribution in [-0.2, 0) is 9.59 Å². The molecular formula is C26H34N6O4. The highest BCUT2D eigenvalue weighted by Gasteiger charge is 2.34. The Kier molecular flexibility index (Phi) is 7.73. The molecule has 192 valence electrons. The Bertz CT molecular complexity index is 1130. The van der Waals surface area contributed by atoms with E-state index in [-0.39, 0.29) is 29.1 Å². The summed E-state index contributed by atoms with van der Waals surface area (Å²) in [5.41, 5.74) is 7.77. The maximum absolute atomic E-state index is 13.4. The van der Waals surface area contributed by atoms with Crippen molar-refractivity contribution in [3.8, 4) is 5.88 Å². The van der Waals surface area contributed by atoms with Gasteiger partial charge in [-0.2, -0.15) is 0 Å². The molecule has 2 aromatic rings. The predicted octanol–water partition coefficient (Wildman–Crippen LogP) is 1.88. The van der Waals surface area contributed by atoms with Crippen LogP contribution in [0.4, 0.5) is 11.4 Å². The summed E-state index contributed by atoms with van der Waals surface area (Å²) in [5, 5.41) is 2.57. The lowest BCUT2D eigenvalue weighted by Gasteiger charge is -2.39. The van der Waals surface area contributed by atoms with Gasteiger partial charge < -0.3 is 30.5 Å². The number of amides is 3. The third-order valence-corrected chi connectivity index (χ3v) is 6.96. The number of methoxy groups -OCH3 is 1. The minimum Gasteiger partial charge on any atom is -0.480 e. The number of benzene rings is 1. The van der Waals surface area contributed by atoms with E-state index in [1.165, 1.54) is 19.4 Å². The zero-order chi connectivity index (χ0) is 25.8. The van der Waals surface area contributed by atoms with Crippen LogP contribution in [-0.4, -0.2) is 79.4 Å². The van der Waals surface area contributed by atoms with Gasteiger partial charge in [-0.15, -0.1) is 0 Å². The molecule has 0 spiro atoms. The number of likely N-dealkylation sites (tertiary alicyclic amines) is 1. The van der Waals surface area contributed by atoms with E-state index < -0.39 is 17.7 Å². The number of hydrogen-bond acceptors (Lipinski definition) is 7. The minimum atomic E-state index is -0.785. The van der Waals surface area contributed by atoms with Crippen LogP contribution in [0.25, 0.3) is 0 Å². The highest BCUT2D eigenvalue weighted by molar-refractivity contribution is 6.39. The number of carbonyl (C=O) groups excluding carboxylic acids is 3. The van der Waals surface area contributed by atoms with Crippen LogP contribution in [0.5, 0.6) is 5.88 Å². The smallest absolute Gasteiger partial charge is 0.313 e. The zero-order valence-electron chi connectivity index (χ0n) is 21.1. The Balaban J connectivity index is 1.53. The van der Waals surface area contributed by atoms with Crippen LogP contribution < -0.4 is 20.7 Å². The van der Waals surface area contributed by atoms with Gasteiger partial charge in [-0.1, -0.05) is 19.1 Å². The number of hydrogen-bond donors (Lipinski definition) is 2. The molecule has 0 bridgehead atoms. The molecule has 3 amide bonds. The summed E-state index contributed by atoms with van der Waals surface area (Å²) in [5.74, 6) is -1.81. The molecule has 0 aliphatic carbocycles. The zero-order valence-corrected chi connectivity index (χ0v) is 21.1. The maximum atomic E-state index is 13.4. The lowest BCUT2D eigenvalue weighted by Crippen LogP contribution is -2.46. The molecule has 0 unspecified atom stereocenters. The molecule has 10 heteroatoms. The van der Waals surface area contributed by atoms with Crippen LogP contribution >= 0.6 is 0 Å². The molecule has 2 atom stereocenters. The predicted molar refractivity (Wildman–Crippen MR) is 137 cm³/mol. The second-order valence-electron chi connectivity index (χ2n) is 9.64. The Hall–Kier alpha value is -3.66. The SMILES string of the molecule is COc1ncc(NC(=O)C(=O)N2C[C@@H](C)CC[C@@H]2c2cccc(N3CCN(C)CC3)c2)cc1C(N)=O. The second-order valence-corrected chi connectivity index (χ2v) is 9.64. The summed E-state index contributed by atoms with van der Waals surface area (Å²) in [7, 11) is 3.50.